The number of aromatic nitrogens is 2. The van der Waals surface area contributed by atoms with Crippen LogP contribution in [0.15, 0.2) is 29.1 Å². The van der Waals surface area contributed by atoms with Gasteiger partial charge in [0.1, 0.15) is 11.6 Å². The monoisotopic (exact) mass is 342 g/mol. The third-order valence-electron chi connectivity index (χ3n) is 4.32. The molecule has 0 unspecified atom stereocenters. The lowest BCUT2D eigenvalue weighted by atomic mass is 9.84. The molecule has 1 aromatic carbocycles. The summed E-state index contributed by atoms with van der Waals surface area (Å²) < 4.78 is 45.1. The fourth-order valence-corrected chi connectivity index (χ4v) is 3.56. The highest BCUT2D eigenvalue weighted by atomic mass is 32.1. The summed E-state index contributed by atoms with van der Waals surface area (Å²) in [5.41, 5.74) is 0.810. The number of rotatable bonds is 4. The molecule has 0 N–H and O–H groups in total. The number of hydrogen-bond acceptors (Lipinski definition) is 3. The molecule has 23 heavy (non-hydrogen) atoms. The first-order chi connectivity index (χ1) is 10.9. The highest BCUT2D eigenvalue weighted by molar-refractivity contribution is 7.02. The van der Waals surface area contributed by atoms with Gasteiger partial charge < -0.3 is 0 Å². The highest BCUT2D eigenvalue weighted by Gasteiger charge is 2.35. The predicted octanol–water partition coefficient (Wildman–Crippen LogP) is 3.86. The molecule has 1 aliphatic carbocycles. The van der Waals surface area contributed by atoms with Crippen molar-refractivity contribution in [2.75, 3.05) is 0 Å². The van der Waals surface area contributed by atoms with Crippen LogP contribution in [0.2, 0.25) is 0 Å². The zero-order valence-corrected chi connectivity index (χ0v) is 13.3. The van der Waals surface area contributed by atoms with E-state index in [9.17, 15) is 18.0 Å². The number of hydrogen-bond donors (Lipinski definition) is 0. The third-order valence-corrected chi connectivity index (χ3v) is 5.00. The van der Waals surface area contributed by atoms with E-state index in [1.54, 1.807) is 16.7 Å². The maximum absolute atomic E-state index is 13.2. The highest BCUT2D eigenvalue weighted by Crippen LogP contribution is 2.37. The molecule has 0 radical (unpaired) electrons. The summed E-state index contributed by atoms with van der Waals surface area (Å²) >= 11 is 0.877. The molecular formula is C16H17F3N2OS. The summed E-state index contributed by atoms with van der Waals surface area (Å²) in [5, 5.41) is 0. The lowest BCUT2D eigenvalue weighted by Gasteiger charge is -2.27. The smallest absolute Gasteiger partial charge is 0.281 e. The summed E-state index contributed by atoms with van der Waals surface area (Å²) in [7, 11) is 0. The van der Waals surface area contributed by atoms with E-state index < -0.39 is 5.92 Å². The Morgan fingerprint density at radius 2 is 1.87 bits per heavy atom. The van der Waals surface area contributed by atoms with Crippen LogP contribution in [0.25, 0.3) is 0 Å². The molecule has 0 atom stereocenters. The lowest BCUT2D eigenvalue weighted by molar-refractivity contribution is -0.0458. The fourth-order valence-electron chi connectivity index (χ4n) is 2.93. The van der Waals surface area contributed by atoms with E-state index in [2.05, 4.69) is 4.37 Å². The fraction of sp³-hybridized carbons (Fsp3) is 0.500. The molecule has 1 fully saturated rings. The standard InChI is InChI=1S/C16H17F3N2OS/c17-13-3-1-12(2-4-13)10-21-14(20-23-15(21)22)9-11-5-7-16(18,19)8-6-11/h1-4,11H,5-10H2. The summed E-state index contributed by atoms with van der Waals surface area (Å²) in [6.07, 6.45) is 1.26. The minimum atomic E-state index is -2.55. The van der Waals surface area contributed by atoms with Crippen molar-refractivity contribution in [1.29, 1.82) is 0 Å². The Bertz CT molecular complexity index is 714. The van der Waals surface area contributed by atoms with E-state index >= 15 is 0 Å². The molecule has 0 saturated heterocycles. The first-order valence-corrected chi connectivity index (χ1v) is 8.38. The van der Waals surface area contributed by atoms with Gasteiger partial charge in [0, 0.05) is 30.8 Å². The van der Waals surface area contributed by atoms with Crippen LogP contribution in [0.4, 0.5) is 13.2 Å². The van der Waals surface area contributed by atoms with Gasteiger partial charge in [-0.05, 0) is 36.5 Å². The largest absolute Gasteiger partial charge is 0.326 e. The topological polar surface area (TPSA) is 34.9 Å². The van der Waals surface area contributed by atoms with Crippen molar-refractivity contribution in [3.05, 3.63) is 51.1 Å². The molecule has 3 rings (SSSR count). The SMILES string of the molecule is O=c1snc(CC2CCC(F)(F)CC2)n1Cc1ccc(F)cc1. The Balaban J connectivity index is 1.71. The molecule has 0 bridgehead atoms. The Labute approximate surface area is 135 Å². The van der Waals surface area contributed by atoms with E-state index in [0.717, 1.165) is 17.1 Å². The molecule has 1 saturated carbocycles. The van der Waals surface area contributed by atoms with Crippen LogP contribution >= 0.6 is 11.5 Å². The van der Waals surface area contributed by atoms with E-state index in [1.165, 1.54) is 12.1 Å². The van der Waals surface area contributed by atoms with Crippen molar-refractivity contribution in [2.24, 2.45) is 5.92 Å². The Kier molecular flexibility index (Phi) is 4.57. The van der Waals surface area contributed by atoms with Gasteiger partial charge in [-0.25, -0.2) is 13.2 Å². The molecule has 3 nitrogen and oxygen atoms in total. The van der Waals surface area contributed by atoms with Gasteiger partial charge in [-0.3, -0.25) is 9.36 Å². The minimum absolute atomic E-state index is 0.0933. The van der Waals surface area contributed by atoms with Crippen LogP contribution in [0.1, 0.15) is 37.1 Å². The van der Waals surface area contributed by atoms with Crippen LogP contribution in [-0.4, -0.2) is 14.9 Å². The molecule has 0 aliphatic heterocycles. The molecule has 1 aromatic heterocycles. The average Bonchev–Trinajstić information content (AvgIpc) is 2.85. The van der Waals surface area contributed by atoms with Gasteiger partial charge >= 0.3 is 4.87 Å². The maximum Gasteiger partial charge on any atom is 0.326 e. The van der Waals surface area contributed by atoms with E-state index in [-0.39, 0.29) is 29.4 Å². The van der Waals surface area contributed by atoms with Gasteiger partial charge in [0.2, 0.25) is 5.92 Å². The van der Waals surface area contributed by atoms with E-state index in [0.29, 0.717) is 31.6 Å². The average molecular weight is 342 g/mol. The second-order valence-electron chi connectivity index (χ2n) is 6.08. The molecule has 2 aromatic rings. The van der Waals surface area contributed by atoms with Gasteiger partial charge in [-0.1, -0.05) is 12.1 Å². The molecule has 7 heteroatoms. The molecule has 124 valence electrons. The number of halogens is 3. The summed E-state index contributed by atoms with van der Waals surface area (Å²) in [6.45, 7) is 0.327. The van der Waals surface area contributed by atoms with Gasteiger partial charge in [-0.2, -0.15) is 4.37 Å². The predicted molar refractivity (Wildman–Crippen MR) is 82.5 cm³/mol. The van der Waals surface area contributed by atoms with Crippen molar-refractivity contribution in [3.8, 4) is 0 Å². The van der Waals surface area contributed by atoms with Crippen LogP contribution in [-0.2, 0) is 13.0 Å². The van der Waals surface area contributed by atoms with Crippen molar-refractivity contribution < 1.29 is 13.2 Å². The minimum Gasteiger partial charge on any atom is -0.281 e. The summed E-state index contributed by atoms with van der Waals surface area (Å²) in [4.78, 5) is 11.8. The van der Waals surface area contributed by atoms with Crippen molar-refractivity contribution >= 4 is 11.5 Å². The van der Waals surface area contributed by atoms with Crippen LogP contribution in [0, 0.1) is 11.7 Å². The van der Waals surface area contributed by atoms with Crippen molar-refractivity contribution in [2.45, 2.75) is 44.6 Å². The molecular weight excluding hydrogens is 325 g/mol. The van der Waals surface area contributed by atoms with Crippen molar-refractivity contribution in [1.82, 2.24) is 8.94 Å². The zero-order valence-electron chi connectivity index (χ0n) is 12.5. The first-order valence-electron chi connectivity index (χ1n) is 7.61. The molecule has 0 amide bonds. The second kappa shape index (κ2) is 6.47. The van der Waals surface area contributed by atoms with Gasteiger partial charge in [0.25, 0.3) is 0 Å². The van der Waals surface area contributed by atoms with Crippen LogP contribution < -0.4 is 4.87 Å². The maximum atomic E-state index is 13.2. The van der Waals surface area contributed by atoms with E-state index in [4.69, 9.17) is 0 Å². The lowest BCUT2D eigenvalue weighted by Crippen LogP contribution is -2.27. The number of alkyl halides is 2. The Morgan fingerprint density at radius 3 is 2.52 bits per heavy atom. The molecule has 1 heterocycles. The molecule has 0 spiro atoms. The van der Waals surface area contributed by atoms with Gasteiger partial charge in [-0.15, -0.1) is 0 Å². The van der Waals surface area contributed by atoms with Crippen LogP contribution in [0.5, 0.6) is 0 Å². The summed E-state index contributed by atoms with van der Waals surface area (Å²) in [6, 6.07) is 5.96. The number of benzene rings is 1. The van der Waals surface area contributed by atoms with Crippen LogP contribution in [0.3, 0.4) is 0 Å². The van der Waals surface area contributed by atoms with E-state index in [1.807, 2.05) is 0 Å². The second-order valence-corrected chi connectivity index (χ2v) is 6.80. The summed E-state index contributed by atoms with van der Waals surface area (Å²) in [5.74, 6) is -2.10. The van der Waals surface area contributed by atoms with Gasteiger partial charge in [0.05, 0.1) is 6.54 Å². The Hall–Kier alpha value is -1.63. The third kappa shape index (κ3) is 4.02. The Morgan fingerprint density at radius 1 is 1.22 bits per heavy atom. The quantitative estimate of drug-likeness (QED) is 0.846. The first kappa shape index (κ1) is 16.2. The van der Waals surface area contributed by atoms with Crippen molar-refractivity contribution in [3.63, 3.8) is 0 Å². The normalized spacial score (nSPS) is 18.2. The number of nitrogens with zero attached hydrogens (tertiary/aromatic N) is 2. The van der Waals surface area contributed by atoms with Gasteiger partial charge in [0.15, 0.2) is 0 Å². The molecule has 1 aliphatic rings. The zero-order chi connectivity index (χ0) is 16.4.